The molecule has 4 heterocycles. The highest BCUT2D eigenvalue weighted by Crippen LogP contribution is 2.48. The molecule has 0 radical (unpaired) electrons. The molecule has 3 fully saturated rings. The monoisotopic (exact) mass is 475 g/mol. The first-order chi connectivity index (χ1) is 14.9. The van der Waals surface area contributed by atoms with Crippen LogP contribution in [0, 0.1) is 0 Å². The minimum Gasteiger partial charge on any atom is -0.374 e. The Balaban J connectivity index is 1.32. The Kier molecular flexibility index (Phi) is 6.02. The lowest BCUT2D eigenvalue weighted by Crippen LogP contribution is -2.51. The fraction of sp³-hybridized carbons (Fsp3) is 0.722. The minimum absolute atomic E-state index is 0.0175. The zero-order valence-electron chi connectivity index (χ0n) is 16.7. The zero-order chi connectivity index (χ0) is 21.6. The van der Waals surface area contributed by atoms with Gasteiger partial charge in [-0.05, 0) is 24.4 Å². The molecule has 2 aliphatic heterocycles. The molecule has 3 atom stereocenters. The van der Waals surface area contributed by atoms with Crippen molar-refractivity contribution in [1.29, 1.82) is 0 Å². The van der Waals surface area contributed by atoms with Gasteiger partial charge in [0.25, 0.3) is 0 Å². The molecular weight excluding hydrogens is 452 g/mol. The predicted molar refractivity (Wildman–Crippen MR) is 110 cm³/mol. The van der Waals surface area contributed by atoms with Gasteiger partial charge in [0.1, 0.15) is 12.0 Å². The maximum Gasteiger partial charge on any atom is 0.226 e. The summed E-state index contributed by atoms with van der Waals surface area (Å²) in [7, 11) is -2.33. The van der Waals surface area contributed by atoms with Crippen molar-refractivity contribution in [2.75, 3.05) is 25.1 Å². The molecule has 2 aromatic heterocycles. The first-order valence-corrected chi connectivity index (χ1v) is 11.9. The lowest BCUT2D eigenvalue weighted by Gasteiger charge is -2.41. The van der Waals surface area contributed by atoms with E-state index in [1.165, 1.54) is 17.5 Å². The molecule has 2 aromatic rings. The summed E-state index contributed by atoms with van der Waals surface area (Å²) in [5, 5.41) is 7.31. The van der Waals surface area contributed by atoms with Gasteiger partial charge in [-0.2, -0.15) is 15.1 Å². The zero-order valence-corrected chi connectivity index (χ0v) is 18.3. The number of halogens is 2. The Morgan fingerprint density at radius 1 is 1.32 bits per heavy atom. The van der Waals surface area contributed by atoms with Gasteiger partial charge in [-0.15, -0.1) is 0 Å². The number of hydrogen-bond donors (Lipinski definition) is 3. The summed E-state index contributed by atoms with van der Waals surface area (Å²) >= 11 is 6.15. The quantitative estimate of drug-likeness (QED) is 0.409. The topological polar surface area (TPSA) is 124 Å². The third kappa shape index (κ3) is 4.13. The van der Waals surface area contributed by atoms with Crippen LogP contribution in [0.3, 0.4) is 0 Å². The van der Waals surface area contributed by atoms with Crippen LogP contribution >= 0.6 is 20.0 Å². The number of rotatable bonds is 7. The Morgan fingerprint density at radius 3 is 2.77 bits per heavy atom. The third-order valence-electron chi connectivity index (χ3n) is 6.05. The van der Waals surface area contributed by atoms with E-state index in [9.17, 15) is 14.2 Å². The normalized spacial score (nSPS) is 28.5. The van der Waals surface area contributed by atoms with Gasteiger partial charge < -0.3 is 29.3 Å². The lowest BCUT2D eigenvalue weighted by molar-refractivity contribution is -0.181. The van der Waals surface area contributed by atoms with E-state index in [1.54, 1.807) is 6.20 Å². The molecule has 1 aliphatic carbocycles. The minimum atomic E-state index is -2.33. The number of ether oxygens (including phenoxy) is 3. The molecule has 0 spiro atoms. The molecule has 3 unspecified atom stereocenters. The molecule has 3 aliphatic rings. The van der Waals surface area contributed by atoms with Gasteiger partial charge >= 0.3 is 0 Å². The van der Waals surface area contributed by atoms with Gasteiger partial charge in [0, 0.05) is 12.5 Å². The molecule has 0 amide bonds. The first-order valence-electron chi connectivity index (χ1n) is 10.3. The van der Waals surface area contributed by atoms with Gasteiger partial charge in [-0.3, -0.25) is 0 Å². The second kappa shape index (κ2) is 8.62. The smallest absolute Gasteiger partial charge is 0.226 e. The van der Waals surface area contributed by atoms with Crippen LogP contribution in [0.4, 0.5) is 10.2 Å². The fourth-order valence-corrected chi connectivity index (χ4v) is 5.03. The van der Waals surface area contributed by atoms with Gasteiger partial charge in [0.05, 0.1) is 37.5 Å². The average molecular weight is 476 g/mol. The Morgan fingerprint density at radius 2 is 2.10 bits per heavy atom. The van der Waals surface area contributed by atoms with Crippen molar-refractivity contribution in [1.82, 2.24) is 19.7 Å². The summed E-state index contributed by atoms with van der Waals surface area (Å²) in [4.78, 5) is 27.7. The summed E-state index contributed by atoms with van der Waals surface area (Å²) in [6.45, 7) is 0.206. The highest BCUT2D eigenvalue weighted by Gasteiger charge is 2.49. The molecule has 3 N–H and O–H groups in total. The number of nitrogens with one attached hydrogen (secondary N) is 1. The van der Waals surface area contributed by atoms with E-state index in [4.69, 9.17) is 25.8 Å². The number of fused-ring (bicyclic) bond motifs is 1. The fourth-order valence-electron chi connectivity index (χ4n) is 4.26. The van der Waals surface area contributed by atoms with Crippen LogP contribution < -0.4 is 5.32 Å². The van der Waals surface area contributed by atoms with E-state index in [0.717, 1.165) is 12.8 Å². The Bertz CT molecular complexity index is 941. The van der Waals surface area contributed by atoms with Crippen LogP contribution in [0.15, 0.2) is 6.20 Å². The van der Waals surface area contributed by atoms with Crippen LogP contribution in [0.2, 0.25) is 5.28 Å². The number of anilines is 1. The Hall–Kier alpha value is -1.20. The number of aromatic nitrogens is 4. The summed E-state index contributed by atoms with van der Waals surface area (Å²) < 4.78 is 32.8. The van der Waals surface area contributed by atoms with Crippen LogP contribution in [0.5, 0.6) is 0 Å². The molecule has 10 nitrogen and oxygen atoms in total. The molecule has 31 heavy (non-hydrogen) atoms. The van der Waals surface area contributed by atoms with Gasteiger partial charge in [0.15, 0.2) is 17.2 Å². The van der Waals surface area contributed by atoms with Crippen molar-refractivity contribution in [2.45, 2.75) is 62.0 Å². The van der Waals surface area contributed by atoms with E-state index in [1.807, 2.05) is 0 Å². The first kappa shape index (κ1) is 21.6. The van der Waals surface area contributed by atoms with E-state index in [0.29, 0.717) is 22.9 Å². The number of nitrogens with zero attached hydrogens (tertiary/aromatic N) is 4. The predicted octanol–water partition coefficient (Wildman–Crippen LogP) is 2.50. The molecule has 170 valence electrons. The summed E-state index contributed by atoms with van der Waals surface area (Å²) in [6, 6.07) is 0.321. The van der Waals surface area contributed by atoms with Crippen molar-refractivity contribution < 1.29 is 28.4 Å². The SMILES string of the molecule is OP(O)C1(OCC2CC(F)C(n3ncc4c(NC5CCCC5)nc(Cl)nc43)O2)COC1. The van der Waals surface area contributed by atoms with E-state index in [2.05, 4.69) is 20.4 Å². The molecule has 2 saturated heterocycles. The van der Waals surface area contributed by atoms with Gasteiger partial charge in [-0.25, -0.2) is 9.07 Å². The molecule has 5 rings (SSSR count). The molecule has 0 aromatic carbocycles. The summed E-state index contributed by atoms with van der Waals surface area (Å²) in [5.41, 5.74) is 0.396. The van der Waals surface area contributed by atoms with Crippen LogP contribution in [-0.2, 0) is 14.2 Å². The lowest BCUT2D eigenvalue weighted by atomic mass is 10.2. The Labute approximate surface area is 184 Å². The van der Waals surface area contributed by atoms with Crippen molar-refractivity contribution in [2.24, 2.45) is 0 Å². The van der Waals surface area contributed by atoms with E-state index >= 15 is 0 Å². The molecule has 0 bridgehead atoms. The van der Waals surface area contributed by atoms with E-state index < -0.39 is 32.2 Å². The van der Waals surface area contributed by atoms with Crippen molar-refractivity contribution in [3.8, 4) is 0 Å². The largest absolute Gasteiger partial charge is 0.374 e. The van der Waals surface area contributed by atoms with Gasteiger partial charge in [0.2, 0.25) is 13.7 Å². The maximum absolute atomic E-state index is 14.9. The summed E-state index contributed by atoms with van der Waals surface area (Å²) in [5.74, 6) is 0.590. The number of alkyl halides is 1. The van der Waals surface area contributed by atoms with Crippen molar-refractivity contribution >= 4 is 36.8 Å². The van der Waals surface area contributed by atoms with Gasteiger partial charge in [-0.1, -0.05) is 12.8 Å². The summed E-state index contributed by atoms with van der Waals surface area (Å²) in [6.07, 6.45) is 3.25. The molecule has 13 heteroatoms. The molecular formula is C18H24ClFN5O5P. The van der Waals surface area contributed by atoms with Crippen LogP contribution in [-0.4, -0.2) is 73.0 Å². The van der Waals surface area contributed by atoms with Crippen LogP contribution in [0.1, 0.15) is 38.3 Å². The second-order valence-electron chi connectivity index (χ2n) is 8.23. The standard InChI is InChI=1S/C18H24ClFN5O5P/c19-17-23-14(22-10-3-1-2-4-10)12-6-21-25(15(12)24-17)16-13(20)5-11(30-16)7-29-18(31(26)27)8-28-9-18/h6,10-11,13,16,26-27H,1-5,7-9H2,(H,22,23,24). The van der Waals surface area contributed by atoms with Crippen LogP contribution in [0.25, 0.3) is 11.0 Å². The maximum atomic E-state index is 14.9. The van der Waals surface area contributed by atoms with Crippen molar-refractivity contribution in [3.05, 3.63) is 11.5 Å². The van der Waals surface area contributed by atoms with Crippen molar-refractivity contribution in [3.63, 3.8) is 0 Å². The molecule has 1 saturated carbocycles. The highest BCUT2D eigenvalue weighted by atomic mass is 35.5. The van der Waals surface area contributed by atoms with E-state index in [-0.39, 0.29) is 31.5 Å². The number of hydrogen-bond acceptors (Lipinski definition) is 9. The third-order valence-corrected chi connectivity index (χ3v) is 7.34. The second-order valence-corrected chi connectivity index (χ2v) is 9.97. The highest BCUT2D eigenvalue weighted by molar-refractivity contribution is 7.46. The average Bonchev–Trinajstić information content (AvgIpc) is 3.41.